The Hall–Kier alpha value is -3.40. The predicted octanol–water partition coefficient (Wildman–Crippen LogP) is 1.84. The molecule has 0 radical (unpaired) electrons. The summed E-state index contributed by atoms with van der Waals surface area (Å²) in [5.41, 5.74) is 1.67. The molecule has 0 saturated carbocycles. The van der Waals surface area contributed by atoms with E-state index in [0.717, 1.165) is 11.3 Å². The first kappa shape index (κ1) is 21.8. The largest absolute Gasteiger partial charge is 0.459 e. The lowest BCUT2D eigenvalue weighted by molar-refractivity contribution is -0.384. The van der Waals surface area contributed by atoms with E-state index < -0.39 is 10.8 Å². The van der Waals surface area contributed by atoms with Gasteiger partial charge in [0.2, 0.25) is 5.91 Å². The van der Waals surface area contributed by atoms with Gasteiger partial charge in [0, 0.05) is 57.7 Å². The lowest BCUT2D eigenvalue weighted by Gasteiger charge is -2.48. The summed E-state index contributed by atoms with van der Waals surface area (Å²) in [5, 5.41) is 14.2. The fourth-order valence-electron chi connectivity index (χ4n) is 4.52. The number of anilines is 1. The zero-order chi connectivity index (χ0) is 22.7. The molecule has 2 amide bonds. The molecule has 2 unspecified atom stereocenters. The molecule has 1 fully saturated rings. The lowest BCUT2D eigenvalue weighted by atomic mass is 9.83. The van der Waals surface area contributed by atoms with Crippen molar-refractivity contribution in [3.05, 3.63) is 58.0 Å². The van der Waals surface area contributed by atoms with Crippen LogP contribution in [-0.2, 0) is 16.0 Å². The normalized spacial score (nSPS) is 19.8. The number of hydrogen-bond acceptors (Lipinski definition) is 7. The van der Waals surface area contributed by atoms with E-state index in [1.165, 1.54) is 12.3 Å². The molecule has 2 aliphatic heterocycles. The maximum atomic E-state index is 13.1. The second-order valence-electron chi connectivity index (χ2n) is 8.01. The molecule has 0 bridgehead atoms. The molecule has 10 heteroatoms. The first-order chi connectivity index (χ1) is 15.5. The summed E-state index contributed by atoms with van der Waals surface area (Å²) >= 11 is 0. The summed E-state index contributed by atoms with van der Waals surface area (Å²) < 4.78 is 10.3. The van der Waals surface area contributed by atoms with Gasteiger partial charge in [-0.3, -0.25) is 19.7 Å². The third-order valence-corrected chi connectivity index (χ3v) is 6.09. The van der Waals surface area contributed by atoms with Gasteiger partial charge in [0.15, 0.2) is 5.76 Å². The van der Waals surface area contributed by atoms with Gasteiger partial charge in [0.1, 0.15) is 0 Å². The van der Waals surface area contributed by atoms with Crippen LogP contribution in [0.2, 0.25) is 0 Å². The number of carbonyl (C=O) groups is 2. The van der Waals surface area contributed by atoms with Gasteiger partial charge in [-0.2, -0.15) is 0 Å². The number of nitro benzene ring substituents is 1. The van der Waals surface area contributed by atoms with Crippen LogP contribution >= 0.6 is 0 Å². The van der Waals surface area contributed by atoms with Crippen LogP contribution in [0.3, 0.4) is 0 Å². The second-order valence-corrected chi connectivity index (χ2v) is 8.01. The summed E-state index contributed by atoms with van der Waals surface area (Å²) in [6.07, 6.45) is 2.52. The number of nitrogens with zero attached hydrogens (tertiary/aromatic N) is 3. The number of benzene rings is 1. The van der Waals surface area contributed by atoms with E-state index in [0.29, 0.717) is 45.6 Å². The zero-order valence-corrected chi connectivity index (χ0v) is 17.9. The van der Waals surface area contributed by atoms with Crippen LogP contribution < -0.4 is 10.2 Å². The maximum absolute atomic E-state index is 13.1. The van der Waals surface area contributed by atoms with Gasteiger partial charge >= 0.3 is 0 Å². The van der Waals surface area contributed by atoms with E-state index in [2.05, 4.69) is 10.2 Å². The molecule has 10 nitrogen and oxygen atoms in total. The summed E-state index contributed by atoms with van der Waals surface area (Å²) in [5.74, 6) is -0.506. The Morgan fingerprint density at radius 3 is 2.88 bits per heavy atom. The van der Waals surface area contributed by atoms with Gasteiger partial charge in [0.05, 0.1) is 23.1 Å². The van der Waals surface area contributed by atoms with Gasteiger partial charge in [-0.25, -0.2) is 0 Å². The van der Waals surface area contributed by atoms with Crippen LogP contribution in [0.15, 0.2) is 41.0 Å². The number of fused-ring (bicyclic) bond motifs is 3. The Bertz CT molecular complexity index is 992. The van der Waals surface area contributed by atoms with Crippen molar-refractivity contribution >= 4 is 23.2 Å². The fourth-order valence-corrected chi connectivity index (χ4v) is 4.52. The molecule has 1 aromatic heterocycles. The quantitative estimate of drug-likeness (QED) is 0.395. The molecule has 3 heterocycles. The Labute approximate surface area is 185 Å². The highest BCUT2D eigenvalue weighted by Crippen LogP contribution is 2.38. The van der Waals surface area contributed by atoms with E-state index >= 15 is 0 Å². The molecule has 4 rings (SSSR count). The third kappa shape index (κ3) is 4.31. The third-order valence-electron chi connectivity index (χ3n) is 6.09. The van der Waals surface area contributed by atoms with Crippen LogP contribution in [0.1, 0.15) is 22.5 Å². The molecule has 1 N–H and O–H groups in total. The molecule has 2 atom stereocenters. The average Bonchev–Trinajstić information content (AvgIpc) is 3.35. The Morgan fingerprint density at radius 1 is 1.31 bits per heavy atom. The number of methoxy groups -OCH3 is 1. The van der Waals surface area contributed by atoms with Crippen LogP contribution in [0.5, 0.6) is 0 Å². The zero-order valence-electron chi connectivity index (χ0n) is 17.9. The van der Waals surface area contributed by atoms with E-state index in [4.69, 9.17) is 9.15 Å². The van der Waals surface area contributed by atoms with Crippen LogP contribution in [0.25, 0.3) is 0 Å². The van der Waals surface area contributed by atoms with Crippen molar-refractivity contribution < 1.29 is 23.7 Å². The van der Waals surface area contributed by atoms with E-state index in [1.807, 2.05) is 0 Å². The maximum Gasteiger partial charge on any atom is 0.289 e. The first-order valence-corrected chi connectivity index (χ1v) is 10.6. The van der Waals surface area contributed by atoms with E-state index in [9.17, 15) is 19.7 Å². The summed E-state index contributed by atoms with van der Waals surface area (Å²) in [6.45, 7) is 2.38. The molecule has 1 aromatic carbocycles. The number of non-ortho nitro benzene ring substituents is 1. The molecule has 1 saturated heterocycles. The standard InChI is InChI=1S/C22H26N4O6/c1-31-10-3-7-23-21(27)17-13-15-12-16(26(29)30)5-6-18(15)25-9-8-24(14-19(17)25)22(28)20-4-2-11-32-20/h2,4-6,11-12,17,19H,3,7-10,13-14H2,1H3,(H,23,27). The number of piperazine rings is 1. The number of nitro groups is 1. The van der Waals surface area contributed by atoms with Crippen molar-refractivity contribution in [2.75, 3.05) is 44.8 Å². The lowest BCUT2D eigenvalue weighted by Crippen LogP contribution is -2.62. The Morgan fingerprint density at radius 2 is 2.16 bits per heavy atom. The molecule has 32 heavy (non-hydrogen) atoms. The number of amides is 2. The SMILES string of the molecule is COCCCNC(=O)C1Cc2cc([N+](=O)[O-])ccc2N2CCN(C(=O)c3ccco3)CC12. The molecule has 170 valence electrons. The van der Waals surface area contributed by atoms with Crippen molar-refractivity contribution in [1.82, 2.24) is 10.2 Å². The van der Waals surface area contributed by atoms with E-state index in [1.54, 1.807) is 36.3 Å². The van der Waals surface area contributed by atoms with Crippen LogP contribution in [0.4, 0.5) is 11.4 Å². The highest BCUT2D eigenvalue weighted by Gasteiger charge is 2.43. The predicted molar refractivity (Wildman–Crippen MR) is 116 cm³/mol. The van der Waals surface area contributed by atoms with Gasteiger partial charge in [-0.05, 0) is 36.6 Å². The van der Waals surface area contributed by atoms with E-state index in [-0.39, 0.29) is 29.3 Å². The smallest absolute Gasteiger partial charge is 0.289 e. The number of carbonyl (C=O) groups excluding carboxylic acids is 2. The van der Waals surface area contributed by atoms with Crippen LogP contribution in [-0.4, -0.2) is 67.6 Å². The second kappa shape index (κ2) is 9.39. The van der Waals surface area contributed by atoms with Crippen molar-refractivity contribution in [3.63, 3.8) is 0 Å². The molecule has 2 aliphatic rings. The van der Waals surface area contributed by atoms with Gasteiger partial charge < -0.3 is 24.3 Å². The number of rotatable bonds is 7. The molecule has 0 spiro atoms. The van der Waals surface area contributed by atoms with Crippen molar-refractivity contribution in [2.24, 2.45) is 5.92 Å². The number of ether oxygens (including phenoxy) is 1. The monoisotopic (exact) mass is 442 g/mol. The topological polar surface area (TPSA) is 118 Å². The average molecular weight is 442 g/mol. The Balaban J connectivity index is 1.59. The van der Waals surface area contributed by atoms with Crippen molar-refractivity contribution in [1.29, 1.82) is 0 Å². The minimum absolute atomic E-state index is 0.00749. The molecular formula is C22H26N4O6. The summed E-state index contributed by atoms with van der Waals surface area (Å²) in [4.78, 5) is 40.6. The molecular weight excluding hydrogens is 416 g/mol. The highest BCUT2D eigenvalue weighted by atomic mass is 16.6. The number of nitrogens with one attached hydrogen (secondary N) is 1. The van der Waals surface area contributed by atoms with Crippen molar-refractivity contribution in [3.8, 4) is 0 Å². The van der Waals surface area contributed by atoms with Gasteiger partial charge in [-0.15, -0.1) is 0 Å². The van der Waals surface area contributed by atoms with Crippen molar-refractivity contribution in [2.45, 2.75) is 18.9 Å². The summed E-state index contributed by atoms with van der Waals surface area (Å²) in [7, 11) is 1.61. The Kier molecular flexibility index (Phi) is 6.40. The van der Waals surface area contributed by atoms with Gasteiger partial charge in [0.25, 0.3) is 11.6 Å². The number of hydrogen-bond donors (Lipinski definition) is 1. The molecule has 0 aliphatic carbocycles. The first-order valence-electron chi connectivity index (χ1n) is 10.6. The minimum atomic E-state index is -0.445. The fraction of sp³-hybridized carbons (Fsp3) is 0.455. The number of furan rings is 1. The van der Waals surface area contributed by atoms with Crippen LogP contribution in [0, 0.1) is 16.0 Å². The molecule has 2 aromatic rings. The highest BCUT2D eigenvalue weighted by molar-refractivity contribution is 5.92. The summed E-state index contributed by atoms with van der Waals surface area (Å²) in [6, 6.07) is 7.85. The minimum Gasteiger partial charge on any atom is -0.459 e. The van der Waals surface area contributed by atoms with Gasteiger partial charge in [-0.1, -0.05) is 0 Å².